The van der Waals surface area contributed by atoms with Crippen molar-refractivity contribution in [3.63, 3.8) is 0 Å². The summed E-state index contributed by atoms with van der Waals surface area (Å²) in [5.74, 6) is 0.147. The maximum atomic E-state index is 12.2. The van der Waals surface area contributed by atoms with Crippen LogP contribution in [0.4, 0.5) is 13.2 Å². The first kappa shape index (κ1) is 21.4. The number of carbonyl (C=O) groups excluding carboxylic acids is 1. The van der Waals surface area contributed by atoms with Crippen LogP contribution in [-0.2, 0) is 11.3 Å². The second kappa shape index (κ2) is 9.72. The van der Waals surface area contributed by atoms with Crippen LogP contribution in [0.15, 0.2) is 18.2 Å². The van der Waals surface area contributed by atoms with E-state index in [4.69, 9.17) is 9.47 Å². The summed E-state index contributed by atoms with van der Waals surface area (Å²) in [5.41, 5.74) is 0.721. The van der Waals surface area contributed by atoms with E-state index < -0.39 is 12.8 Å². The van der Waals surface area contributed by atoms with Gasteiger partial charge in [-0.3, -0.25) is 4.79 Å². The van der Waals surface area contributed by atoms with E-state index in [9.17, 15) is 18.0 Å². The van der Waals surface area contributed by atoms with Crippen molar-refractivity contribution in [3.05, 3.63) is 23.8 Å². The molecule has 1 heterocycles. The predicted molar refractivity (Wildman–Crippen MR) is 89.3 cm³/mol. The van der Waals surface area contributed by atoms with Crippen molar-refractivity contribution in [1.82, 2.24) is 10.6 Å². The average Bonchev–Trinajstić information content (AvgIpc) is 3.03. The van der Waals surface area contributed by atoms with Crippen molar-refractivity contribution in [2.45, 2.75) is 38.0 Å². The Hall–Kier alpha value is -1.67. The molecule has 0 aromatic heterocycles. The summed E-state index contributed by atoms with van der Waals surface area (Å²) in [7, 11) is 1.35. The molecule has 0 radical (unpaired) electrons. The fourth-order valence-corrected chi connectivity index (χ4v) is 2.53. The second-order valence-corrected chi connectivity index (χ2v) is 5.66. The molecule has 9 heteroatoms. The summed E-state index contributed by atoms with van der Waals surface area (Å²) in [6.07, 6.45) is -1.92. The average molecular weight is 383 g/mol. The van der Waals surface area contributed by atoms with E-state index in [1.54, 1.807) is 12.1 Å². The number of halogens is 4. The number of alkyl halides is 3. The van der Waals surface area contributed by atoms with Gasteiger partial charge in [-0.05, 0) is 37.1 Å². The fraction of sp³-hybridized carbons (Fsp3) is 0.562. The third-order valence-electron chi connectivity index (χ3n) is 3.70. The van der Waals surface area contributed by atoms with Gasteiger partial charge in [0.25, 0.3) is 0 Å². The molecule has 25 heavy (non-hydrogen) atoms. The van der Waals surface area contributed by atoms with Crippen LogP contribution in [0.3, 0.4) is 0 Å². The van der Waals surface area contributed by atoms with Gasteiger partial charge in [-0.15, -0.1) is 12.4 Å². The summed E-state index contributed by atoms with van der Waals surface area (Å²) >= 11 is 0. The largest absolute Gasteiger partial charge is 0.493 e. The van der Waals surface area contributed by atoms with E-state index in [2.05, 4.69) is 10.6 Å². The first-order chi connectivity index (χ1) is 11.4. The molecule has 0 aliphatic carbocycles. The van der Waals surface area contributed by atoms with Gasteiger partial charge in [0.1, 0.15) is 0 Å². The second-order valence-electron chi connectivity index (χ2n) is 5.66. The van der Waals surface area contributed by atoms with Crippen LogP contribution in [0.5, 0.6) is 11.5 Å². The molecule has 0 saturated carbocycles. The molecule has 0 bridgehead atoms. The van der Waals surface area contributed by atoms with Gasteiger partial charge < -0.3 is 20.1 Å². The molecule has 1 fully saturated rings. The number of benzene rings is 1. The van der Waals surface area contributed by atoms with Crippen molar-refractivity contribution in [3.8, 4) is 11.5 Å². The fourth-order valence-electron chi connectivity index (χ4n) is 2.53. The minimum absolute atomic E-state index is 0. The van der Waals surface area contributed by atoms with E-state index in [0.717, 1.165) is 24.9 Å². The van der Waals surface area contributed by atoms with Gasteiger partial charge in [-0.25, -0.2) is 0 Å². The quantitative estimate of drug-likeness (QED) is 0.761. The molecule has 1 unspecified atom stereocenters. The zero-order valence-corrected chi connectivity index (χ0v) is 14.6. The molecule has 1 aromatic carbocycles. The number of methoxy groups -OCH3 is 1. The predicted octanol–water partition coefficient (Wildman–Crippen LogP) is 2.82. The van der Waals surface area contributed by atoms with Crippen molar-refractivity contribution in [1.29, 1.82) is 0 Å². The lowest BCUT2D eigenvalue weighted by atomic mass is 10.1. The molecular weight excluding hydrogens is 361 g/mol. The first-order valence-corrected chi connectivity index (χ1v) is 7.74. The number of carbonyl (C=O) groups is 1. The topological polar surface area (TPSA) is 59.6 Å². The highest BCUT2D eigenvalue weighted by molar-refractivity contribution is 5.85. The molecule has 2 N–H and O–H groups in total. The van der Waals surface area contributed by atoms with Gasteiger partial charge >= 0.3 is 6.18 Å². The summed E-state index contributed by atoms with van der Waals surface area (Å²) in [6.45, 7) is -0.163. The van der Waals surface area contributed by atoms with Gasteiger partial charge in [0.05, 0.1) is 7.11 Å². The summed E-state index contributed by atoms with van der Waals surface area (Å²) < 4.78 is 46.4. The minimum Gasteiger partial charge on any atom is -0.493 e. The van der Waals surface area contributed by atoms with E-state index >= 15 is 0 Å². The standard InChI is InChI=1S/C16H21F3N2O3.ClH/c1-23-14-7-11(4-5-13(14)24-10-16(17,18)19)9-21-15(22)8-12-3-2-6-20-12;/h4-5,7,12,20H,2-3,6,8-10H2,1H3,(H,21,22);1H. The smallest absolute Gasteiger partial charge is 0.422 e. The number of ether oxygens (including phenoxy) is 2. The van der Waals surface area contributed by atoms with Crippen LogP contribution in [0.1, 0.15) is 24.8 Å². The molecule has 2 rings (SSSR count). The van der Waals surface area contributed by atoms with E-state index in [-0.39, 0.29) is 42.4 Å². The molecule has 1 aromatic rings. The van der Waals surface area contributed by atoms with Crippen LogP contribution < -0.4 is 20.1 Å². The zero-order valence-electron chi connectivity index (χ0n) is 13.8. The number of hydrogen-bond donors (Lipinski definition) is 2. The van der Waals surface area contributed by atoms with Crippen molar-refractivity contribution in [2.75, 3.05) is 20.3 Å². The van der Waals surface area contributed by atoms with Gasteiger partial charge in [0, 0.05) is 19.0 Å². The number of hydrogen-bond acceptors (Lipinski definition) is 4. The van der Waals surface area contributed by atoms with E-state index in [0.29, 0.717) is 6.42 Å². The Morgan fingerprint density at radius 1 is 1.36 bits per heavy atom. The Kier molecular flexibility index (Phi) is 8.31. The highest BCUT2D eigenvalue weighted by Gasteiger charge is 2.29. The van der Waals surface area contributed by atoms with E-state index in [1.807, 2.05) is 0 Å². The van der Waals surface area contributed by atoms with Crippen LogP contribution in [-0.4, -0.2) is 38.4 Å². The highest BCUT2D eigenvalue weighted by Crippen LogP contribution is 2.29. The minimum atomic E-state index is -4.41. The van der Waals surface area contributed by atoms with Gasteiger partial charge in [0.2, 0.25) is 5.91 Å². The van der Waals surface area contributed by atoms with Gasteiger partial charge in [-0.1, -0.05) is 6.07 Å². The maximum absolute atomic E-state index is 12.2. The SMILES string of the molecule is COc1cc(CNC(=O)CC2CCCN2)ccc1OCC(F)(F)F.Cl. The lowest BCUT2D eigenvalue weighted by molar-refractivity contribution is -0.153. The molecule has 1 amide bonds. The lowest BCUT2D eigenvalue weighted by Gasteiger charge is -2.14. The molecule has 0 spiro atoms. The first-order valence-electron chi connectivity index (χ1n) is 7.74. The van der Waals surface area contributed by atoms with Crippen LogP contribution in [0.25, 0.3) is 0 Å². The monoisotopic (exact) mass is 382 g/mol. The Morgan fingerprint density at radius 3 is 2.72 bits per heavy atom. The molecule has 142 valence electrons. The summed E-state index contributed by atoms with van der Waals surface area (Å²) in [5, 5.41) is 6.05. The van der Waals surface area contributed by atoms with Crippen LogP contribution in [0.2, 0.25) is 0 Å². The third kappa shape index (κ3) is 7.39. The Balaban J connectivity index is 0.00000312. The summed E-state index contributed by atoms with van der Waals surface area (Å²) in [4.78, 5) is 11.9. The van der Waals surface area contributed by atoms with Crippen LogP contribution in [0, 0.1) is 0 Å². The van der Waals surface area contributed by atoms with Gasteiger partial charge in [-0.2, -0.15) is 13.2 Å². The van der Waals surface area contributed by atoms with Crippen molar-refractivity contribution in [2.24, 2.45) is 0 Å². The Morgan fingerprint density at radius 2 is 2.12 bits per heavy atom. The summed E-state index contributed by atoms with van der Waals surface area (Å²) in [6, 6.07) is 4.78. The number of amides is 1. The molecule has 1 saturated heterocycles. The zero-order chi connectivity index (χ0) is 17.6. The number of nitrogens with one attached hydrogen (secondary N) is 2. The van der Waals surface area contributed by atoms with Crippen molar-refractivity contribution >= 4 is 18.3 Å². The van der Waals surface area contributed by atoms with Crippen molar-refractivity contribution < 1.29 is 27.4 Å². The highest BCUT2D eigenvalue weighted by atomic mass is 35.5. The van der Waals surface area contributed by atoms with Gasteiger partial charge in [0.15, 0.2) is 18.1 Å². The Labute approximate surface area is 150 Å². The number of rotatable bonds is 7. The molecular formula is C16H22ClF3N2O3. The van der Waals surface area contributed by atoms with Crippen LogP contribution >= 0.6 is 12.4 Å². The molecule has 5 nitrogen and oxygen atoms in total. The maximum Gasteiger partial charge on any atom is 0.422 e. The van der Waals surface area contributed by atoms with E-state index in [1.165, 1.54) is 13.2 Å². The molecule has 1 atom stereocenters. The third-order valence-corrected chi connectivity index (χ3v) is 3.70. The molecule has 1 aliphatic heterocycles. The lowest BCUT2D eigenvalue weighted by Crippen LogP contribution is -2.31. The Bertz CT molecular complexity index is 564. The molecule has 1 aliphatic rings. The normalized spacial score (nSPS) is 16.9.